The second-order valence-electron chi connectivity index (χ2n) is 3.97. The Morgan fingerprint density at radius 2 is 1.93 bits per heavy atom. The van der Waals surface area contributed by atoms with E-state index in [9.17, 15) is 4.79 Å². The molecule has 1 aliphatic heterocycles. The van der Waals surface area contributed by atoms with E-state index in [1.807, 2.05) is 13.8 Å². The molecular weight excluding hydrogens is 184 g/mol. The molecule has 0 aliphatic carbocycles. The number of carboxylic acids is 1. The molecule has 82 valence electrons. The summed E-state index contributed by atoms with van der Waals surface area (Å²) in [5.41, 5.74) is 0. The smallest absolute Gasteiger partial charge is 0.332 e. The third-order valence-electron chi connectivity index (χ3n) is 2.40. The van der Waals surface area contributed by atoms with Crippen molar-refractivity contribution in [3.05, 3.63) is 0 Å². The zero-order chi connectivity index (χ0) is 10.7. The summed E-state index contributed by atoms with van der Waals surface area (Å²) in [6.45, 7) is 5.53. The van der Waals surface area contributed by atoms with E-state index < -0.39 is 12.1 Å². The van der Waals surface area contributed by atoms with Gasteiger partial charge in [0, 0.05) is 0 Å². The summed E-state index contributed by atoms with van der Waals surface area (Å²) in [6, 6.07) is 0. The Labute approximate surface area is 84.2 Å². The summed E-state index contributed by atoms with van der Waals surface area (Å²) in [4.78, 5) is 10.6. The third kappa shape index (κ3) is 3.27. The molecule has 0 saturated carbocycles. The molecular formula is C10H18O4. The molecule has 0 aromatic rings. The maximum atomic E-state index is 10.6. The molecule has 0 amide bonds. The number of rotatable bonds is 3. The summed E-state index contributed by atoms with van der Waals surface area (Å²) in [7, 11) is 0. The molecule has 1 rings (SSSR count). The van der Waals surface area contributed by atoms with E-state index in [1.54, 1.807) is 6.92 Å². The fourth-order valence-electron chi connectivity index (χ4n) is 1.80. The van der Waals surface area contributed by atoms with Crippen molar-refractivity contribution in [3.63, 3.8) is 0 Å². The maximum Gasteiger partial charge on any atom is 0.332 e. The molecule has 4 heteroatoms. The summed E-state index contributed by atoms with van der Waals surface area (Å²) < 4.78 is 10.9. The van der Waals surface area contributed by atoms with Crippen molar-refractivity contribution < 1.29 is 19.4 Å². The fraction of sp³-hybridized carbons (Fsp3) is 0.900. The van der Waals surface area contributed by atoms with E-state index in [1.165, 1.54) is 0 Å². The Balaban J connectivity index is 2.40. The Hall–Kier alpha value is -0.610. The van der Waals surface area contributed by atoms with Crippen molar-refractivity contribution in [3.8, 4) is 0 Å². The summed E-state index contributed by atoms with van der Waals surface area (Å²) in [5.74, 6) is -0.906. The molecule has 1 fully saturated rings. The highest BCUT2D eigenvalue weighted by atomic mass is 16.5. The standard InChI is InChI=1S/C10H18O4/c1-6-4-9(5-7(2)13-6)14-8(3)10(11)12/h6-9H,4-5H2,1-3H3,(H,11,12)/t6?,7?,8-,9?/m0/s1. The zero-order valence-corrected chi connectivity index (χ0v) is 8.90. The highest BCUT2D eigenvalue weighted by molar-refractivity contribution is 5.71. The summed E-state index contributed by atoms with van der Waals surface area (Å²) in [5, 5.41) is 8.69. The number of carboxylic acid groups (broad SMARTS) is 1. The monoisotopic (exact) mass is 202 g/mol. The summed E-state index contributed by atoms with van der Waals surface area (Å²) >= 11 is 0. The molecule has 0 bridgehead atoms. The van der Waals surface area contributed by atoms with Crippen LogP contribution in [0.15, 0.2) is 0 Å². The van der Waals surface area contributed by atoms with Crippen LogP contribution in [0.2, 0.25) is 0 Å². The molecule has 0 aromatic carbocycles. The lowest BCUT2D eigenvalue weighted by atomic mass is 10.0. The first-order valence-corrected chi connectivity index (χ1v) is 5.02. The normalized spacial score (nSPS) is 35.2. The van der Waals surface area contributed by atoms with E-state index in [0.717, 1.165) is 12.8 Å². The SMILES string of the molecule is CC1CC(O[C@@H](C)C(=O)O)CC(C)O1. The van der Waals surface area contributed by atoms with Crippen LogP contribution in [0.1, 0.15) is 33.6 Å². The molecule has 0 aromatic heterocycles. The van der Waals surface area contributed by atoms with Gasteiger partial charge in [0.05, 0.1) is 18.3 Å². The van der Waals surface area contributed by atoms with Gasteiger partial charge in [-0.05, 0) is 33.6 Å². The van der Waals surface area contributed by atoms with Gasteiger partial charge in [-0.15, -0.1) is 0 Å². The van der Waals surface area contributed by atoms with Crippen molar-refractivity contribution in [2.24, 2.45) is 0 Å². The molecule has 4 nitrogen and oxygen atoms in total. The van der Waals surface area contributed by atoms with Gasteiger partial charge in [-0.25, -0.2) is 4.79 Å². The van der Waals surface area contributed by atoms with E-state index in [2.05, 4.69) is 0 Å². The highest BCUT2D eigenvalue weighted by Crippen LogP contribution is 2.22. The van der Waals surface area contributed by atoms with Crippen LogP contribution in [0.3, 0.4) is 0 Å². The lowest BCUT2D eigenvalue weighted by Crippen LogP contribution is -2.37. The third-order valence-corrected chi connectivity index (χ3v) is 2.40. The molecule has 14 heavy (non-hydrogen) atoms. The first-order chi connectivity index (χ1) is 6.49. The van der Waals surface area contributed by atoms with E-state index in [-0.39, 0.29) is 18.3 Å². The zero-order valence-electron chi connectivity index (χ0n) is 8.90. The number of carbonyl (C=O) groups is 1. The molecule has 1 saturated heterocycles. The van der Waals surface area contributed by atoms with Gasteiger partial charge in [0.15, 0.2) is 6.10 Å². The quantitative estimate of drug-likeness (QED) is 0.752. The Morgan fingerprint density at radius 3 is 2.36 bits per heavy atom. The molecule has 1 heterocycles. The second kappa shape index (κ2) is 4.75. The summed E-state index contributed by atoms with van der Waals surface area (Å²) in [6.07, 6.45) is 1.16. The number of aliphatic carboxylic acids is 1. The van der Waals surface area contributed by atoms with Crippen molar-refractivity contribution >= 4 is 5.97 Å². The van der Waals surface area contributed by atoms with Crippen LogP contribution in [0.5, 0.6) is 0 Å². The molecule has 3 atom stereocenters. The Kier molecular flexibility index (Phi) is 3.89. The van der Waals surface area contributed by atoms with Gasteiger partial charge < -0.3 is 14.6 Å². The average Bonchev–Trinajstić information content (AvgIpc) is 2.01. The minimum Gasteiger partial charge on any atom is -0.479 e. The largest absolute Gasteiger partial charge is 0.479 e. The van der Waals surface area contributed by atoms with Crippen LogP contribution in [-0.4, -0.2) is 35.5 Å². The maximum absolute atomic E-state index is 10.6. The van der Waals surface area contributed by atoms with Crippen LogP contribution in [0, 0.1) is 0 Å². The molecule has 0 radical (unpaired) electrons. The lowest BCUT2D eigenvalue weighted by molar-refractivity contribution is -0.162. The lowest BCUT2D eigenvalue weighted by Gasteiger charge is -2.32. The van der Waals surface area contributed by atoms with E-state index >= 15 is 0 Å². The topological polar surface area (TPSA) is 55.8 Å². The molecule has 1 N–H and O–H groups in total. The first kappa shape index (κ1) is 11.5. The van der Waals surface area contributed by atoms with E-state index in [0.29, 0.717) is 0 Å². The highest BCUT2D eigenvalue weighted by Gasteiger charge is 2.27. The van der Waals surface area contributed by atoms with Gasteiger partial charge in [0.25, 0.3) is 0 Å². The minimum atomic E-state index is -0.906. The van der Waals surface area contributed by atoms with Gasteiger partial charge in [-0.1, -0.05) is 0 Å². The van der Waals surface area contributed by atoms with Gasteiger partial charge >= 0.3 is 5.97 Å². The van der Waals surface area contributed by atoms with Crippen molar-refractivity contribution in [1.82, 2.24) is 0 Å². The van der Waals surface area contributed by atoms with Gasteiger partial charge in [0.2, 0.25) is 0 Å². The predicted molar refractivity (Wildman–Crippen MR) is 51.2 cm³/mol. The predicted octanol–water partition coefficient (Wildman–Crippen LogP) is 1.43. The van der Waals surface area contributed by atoms with Crippen molar-refractivity contribution in [2.45, 2.75) is 58.0 Å². The number of hydrogen-bond donors (Lipinski definition) is 1. The fourth-order valence-corrected chi connectivity index (χ4v) is 1.80. The van der Waals surface area contributed by atoms with Crippen LogP contribution < -0.4 is 0 Å². The minimum absolute atomic E-state index is 0.0137. The van der Waals surface area contributed by atoms with Crippen LogP contribution in [0.4, 0.5) is 0 Å². The Morgan fingerprint density at radius 1 is 1.43 bits per heavy atom. The van der Waals surface area contributed by atoms with Crippen LogP contribution in [0.25, 0.3) is 0 Å². The van der Waals surface area contributed by atoms with Crippen LogP contribution in [-0.2, 0) is 14.3 Å². The second-order valence-corrected chi connectivity index (χ2v) is 3.97. The van der Waals surface area contributed by atoms with Crippen LogP contribution >= 0.6 is 0 Å². The van der Waals surface area contributed by atoms with Gasteiger partial charge in [0.1, 0.15) is 0 Å². The number of hydrogen-bond acceptors (Lipinski definition) is 3. The molecule has 1 aliphatic rings. The van der Waals surface area contributed by atoms with Crippen molar-refractivity contribution in [2.75, 3.05) is 0 Å². The van der Waals surface area contributed by atoms with Crippen molar-refractivity contribution in [1.29, 1.82) is 0 Å². The van der Waals surface area contributed by atoms with Gasteiger partial charge in [-0.2, -0.15) is 0 Å². The molecule has 2 unspecified atom stereocenters. The van der Waals surface area contributed by atoms with Gasteiger partial charge in [-0.3, -0.25) is 0 Å². The molecule has 0 spiro atoms. The first-order valence-electron chi connectivity index (χ1n) is 5.02. The van der Waals surface area contributed by atoms with E-state index in [4.69, 9.17) is 14.6 Å². The number of ether oxygens (including phenoxy) is 2. The average molecular weight is 202 g/mol. The Bertz CT molecular complexity index is 194.